The summed E-state index contributed by atoms with van der Waals surface area (Å²) in [5.41, 5.74) is -0.664. The molecule has 2 heterocycles. The van der Waals surface area contributed by atoms with Crippen LogP contribution in [-0.2, 0) is 17.5 Å². The molecule has 0 saturated carbocycles. The van der Waals surface area contributed by atoms with E-state index in [2.05, 4.69) is 10.2 Å². The van der Waals surface area contributed by atoms with Gasteiger partial charge in [0.2, 0.25) is 5.82 Å². The molecule has 1 aliphatic rings. The van der Waals surface area contributed by atoms with Crippen molar-refractivity contribution in [3.05, 3.63) is 11.6 Å². The van der Waals surface area contributed by atoms with E-state index in [0.717, 1.165) is 4.57 Å². The molecule has 21 heavy (non-hydrogen) atoms. The lowest BCUT2D eigenvalue weighted by atomic mass is 10.2. The summed E-state index contributed by atoms with van der Waals surface area (Å²) in [7, 11) is 0. The normalized spacial score (nSPS) is 19.4. The van der Waals surface area contributed by atoms with Gasteiger partial charge in [0.1, 0.15) is 5.60 Å². The standard InChI is InChI=1S/C12H17F3N4O2/c1-7-5-18(10(20)21-11(2,3)4)6-8-16-17-9(19(7)8)12(13,14)15/h7H,5-6H2,1-4H3/t7-/m1/s1. The average Bonchev–Trinajstić information content (AvgIpc) is 2.70. The predicted octanol–water partition coefficient (Wildman–Crippen LogP) is 2.61. The summed E-state index contributed by atoms with van der Waals surface area (Å²) in [6, 6.07) is -0.576. The van der Waals surface area contributed by atoms with E-state index >= 15 is 0 Å². The van der Waals surface area contributed by atoms with Gasteiger partial charge in [-0.1, -0.05) is 0 Å². The zero-order valence-corrected chi connectivity index (χ0v) is 12.2. The van der Waals surface area contributed by atoms with Gasteiger partial charge in [-0.15, -0.1) is 10.2 Å². The summed E-state index contributed by atoms with van der Waals surface area (Å²) < 4.78 is 44.7. The molecule has 0 radical (unpaired) electrons. The number of rotatable bonds is 0. The first-order valence-corrected chi connectivity index (χ1v) is 6.48. The first-order chi connectivity index (χ1) is 9.49. The maximum Gasteiger partial charge on any atom is 0.451 e. The van der Waals surface area contributed by atoms with Gasteiger partial charge in [-0.25, -0.2) is 4.79 Å². The molecule has 0 unspecified atom stereocenters. The Morgan fingerprint density at radius 3 is 2.43 bits per heavy atom. The number of aromatic nitrogens is 3. The van der Waals surface area contributed by atoms with Crippen molar-refractivity contribution < 1.29 is 22.7 Å². The zero-order valence-electron chi connectivity index (χ0n) is 12.2. The first-order valence-electron chi connectivity index (χ1n) is 6.48. The fraction of sp³-hybridized carbons (Fsp3) is 0.750. The highest BCUT2D eigenvalue weighted by atomic mass is 19.4. The van der Waals surface area contributed by atoms with Crippen LogP contribution in [0.15, 0.2) is 0 Å². The van der Waals surface area contributed by atoms with Gasteiger partial charge in [0.05, 0.1) is 12.6 Å². The van der Waals surface area contributed by atoms with E-state index in [0.29, 0.717) is 0 Å². The summed E-state index contributed by atoms with van der Waals surface area (Å²) in [4.78, 5) is 13.3. The molecule has 1 amide bonds. The van der Waals surface area contributed by atoms with Crippen LogP contribution < -0.4 is 0 Å². The van der Waals surface area contributed by atoms with Crippen LogP contribution in [0.5, 0.6) is 0 Å². The number of nitrogens with zero attached hydrogens (tertiary/aromatic N) is 4. The van der Waals surface area contributed by atoms with Crippen LogP contribution in [0, 0.1) is 0 Å². The van der Waals surface area contributed by atoms with Crippen molar-refractivity contribution in [2.24, 2.45) is 0 Å². The molecule has 9 heteroatoms. The molecular weight excluding hydrogens is 289 g/mol. The van der Waals surface area contributed by atoms with Gasteiger partial charge in [0.15, 0.2) is 5.82 Å². The molecule has 0 spiro atoms. The van der Waals surface area contributed by atoms with Crippen LogP contribution in [0.4, 0.5) is 18.0 Å². The molecule has 0 bridgehead atoms. The Balaban J connectivity index is 2.23. The van der Waals surface area contributed by atoms with Crippen molar-refractivity contribution in [1.82, 2.24) is 19.7 Å². The smallest absolute Gasteiger partial charge is 0.444 e. The van der Waals surface area contributed by atoms with Crippen molar-refractivity contribution in [3.63, 3.8) is 0 Å². The average molecular weight is 306 g/mol. The lowest BCUT2D eigenvalue weighted by molar-refractivity contribution is -0.148. The second-order valence-corrected chi connectivity index (χ2v) is 6.02. The van der Waals surface area contributed by atoms with Crippen molar-refractivity contribution >= 4 is 6.09 Å². The number of carbonyl (C=O) groups is 1. The number of alkyl halides is 3. The van der Waals surface area contributed by atoms with Gasteiger partial charge in [-0.05, 0) is 27.7 Å². The van der Waals surface area contributed by atoms with E-state index < -0.39 is 29.7 Å². The molecule has 6 nitrogen and oxygen atoms in total. The Bertz CT molecular complexity index is 548. The van der Waals surface area contributed by atoms with E-state index in [9.17, 15) is 18.0 Å². The summed E-state index contributed by atoms with van der Waals surface area (Å²) in [5, 5.41) is 6.74. The number of ether oxygens (including phenoxy) is 1. The molecule has 0 aromatic carbocycles. The summed E-state index contributed by atoms with van der Waals surface area (Å²) in [6.45, 7) is 6.82. The summed E-state index contributed by atoms with van der Waals surface area (Å²) in [5.74, 6) is -0.930. The molecule has 1 aromatic heterocycles. The minimum Gasteiger partial charge on any atom is -0.444 e. The highest BCUT2D eigenvalue weighted by Crippen LogP contribution is 2.32. The lowest BCUT2D eigenvalue weighted by Crippen LogP contribution is -2.43. The Kier molecular flexibility index (Phi) is 3.63. The first kappa shape index (κ1) is 15.6. The molecule has 2 rings (SSSR count). The molecule has 0 N–H and O–H groups in total. The molecule has 0 fully saturated rings. The van der Waals surface area contributed by atoms with Crippen molar-refractivity contribution in [2.45, 2.75) is 52.1 Å². The number of carbonyl (C=O) groups excluding carboxylic acids is 1. The van der Waals surface area contributed by atoms with Crippen LogP contribution in [0.2, 0.25) is 0 Å². The molecule has 1 atom stereocenters. The van der Waals surface area contributed by atoms with E-state index in [4.69, 9.17) is 4.74 Å². The van der Waals surface area contributed by atoms with Crippen molar-refractivity contribution in [1.29, 1.82) is 0 Å². The second kappa shape index (κ2) is 4.88. The maximum absolute atomic E-state index is 12.8. The maximum atomic E-state index is 12.8. The monoisotopic (exact) mass is 306 g/mol. The molecule has 118 valence electrons. The van der Waals surface area contributed by atoms with E-state index in [1.165, 1.54) is 4.90 Å². The third-order valence-electron chi connectivity index (χ3n) is 2.93. The Morgan fingerprint density at radius 2 is 1.90 bits per heavy atom. The summed E-state index contributed by atoms with van der Waals surface area (Å²) in [6.07, 6.45) is -5.13. The van der Waals surface area contributed by atoms with Gasteiger partial charge in [0.25, 0.3) is 0 Å². The fourth-order valence-electron chi connectivity index (χ4n) is 2.19. The third-order valence-corrected chi connectivity index (χ3v) is 2.93. The van der Waals surface area contributed by atoms with Crippen molar-refractivity contribution in [3.8, 4) is 0 Å². The number of hydrogen-bond donors (Lipinski definition) is 0. The Hall–Kier alpha value is -1.80. The molecule has 0 saturated heterocycles. The van der Waals surface area contributed by atoms with Crippen LogP contribution in [0.3, 0.4) is 0 Å². The number of hydrogen-bond acceptors (Lipinski definition) is 4. The number of amides is 1. The number of halogens is 3. The van der Waals surface area contributed by atoms with Gasteiger partial charge in [0, 0.05) is 6.54 Å². The van der Waals surface area contributed by atoms with Crippen LogP contribution in [0.25, 0.3) is 0 Å². The van der Waals surface area contributed by atoms with Crippen LogP contribution >= 0.6 is 0 Å². The quantitative estimate of drug-likeness (QED) is 0.739. The summed E-state index contributed by atoms with van der Waals surface area (Å²) >= 11 is 0. The zero-order chi connectivity index (χ0) is 16.0. The van der Waals surface area contributed by atoms with Crippen LogP contribution in [-0.4, -0.2) is 37.9 Å². The second-order valence-electron chi connectivity index (χ2n) is 6.02. The Labute approximate surface area is 119 Å². The molecule has 1 aromatic rings. The lowest BCUT2D eigenvalue weighted by Gasteiger charge is -2.33. The third kappa shape index (κ3) is 3.27. The minimum atomic E-state index is -4.56. The highest BCUT2D eigenvalue weighted by Gasteiger charge is 2.42. The molecule has 1 aliphatic heterocycles. The van der Waals surface area contributed by atoms with Gasteiger partial charge in [-0.3, -0.25) is 4.90 Å². The topological polar surface area (TPSA) is 60.3 Å². The van der Waals surface area contributed by atoms with E-state index in [1.807, 2.05) is 0 Å². The Morgan fingerprint density at radius 1 is 1.29 bits per heavy atom. The van der Waals surface area contributed by atoms with E-state index in [-0.39, 0.29) is 18.9 Å². The van der Waals surface area contributed by atoms with Crippen molar-refractivity contribution in [2.75, 3.05) is 6.54 Å². The van der Waals surface area contributed by atoms with Gasteiger partial charge in [-0.2, -0.15) is 13.2 Å². The van der Waals surface area contributed by atoms with Gasteiger partial charge < -0.3 is 9.30 Å². The van der Waals surface area contributed by atoms with Crippen LogP contribution in [0.1, 0.15) is 45.4 Å². The minimum absolute atomic E-state index is 0.0532. The predicted molar refractivity (Wildman–Crippen MR) is 66.4 cm³/mol. The highest BCUT2D eigenvalue weighted by molar-refractivity contribution is 5.68. The molecular formula is C12H17F3N4O2. The SMILES string of the molecule is C[C@@H]1CN(C(=O)OC(C)(C)C)Cc2nnc(C(F)(F)F)n21. The number of fused-ring (bicyclic) bond motifs is 1. The largest absolute Gasteiger partial charge is 0.451 e. The van der Waals surface area contributed by atoms with E-state index in [1.54, 1.807) is 27.7 Å². The molecule has 0 aliphatic carbocycles. The van der Waals surface area contributed by atoms with Gasteiger partial charge >= 0.3 is 12.3 Å². The fourth-order valence-corrected chi connectivity index (χ4v) is 2.19.